The van der Waals surface area contributed by atoms with Crippen molar-refractivity contribution in [2.24, 2.45) is 17.3 Å². The van der Waals surface area contributed by atoms with E-state index in [2.05, 4.69) is 39.6 Å². The largest absolute Gasteiger partial charge is 0.403 e. The number of anilines is 1. The van der Waals surface area contributed by atoms with E-state index in [1.165, 1.54) is 16.8 Å². The third kappa shape index (κ3) is 13.4. The fraction of sp³-hybridized carbons (Fsp3) is 0.667. The fourth-order valence-electron chi connectivity index (χ4n) is 11.2. The van der Waals surface area contributed by atoms with Gasteiger partial charge >= 0.3 is 6.18 Å². The molecule has 5 aliphatic rings. The molecule has 2 aromatic rings. The van der Waals surface area contributed by atoms with E-state index in [0.29, 0.717) is 48.6 Å². The van der Waals surface area contributed by atoms with Gasteiger partial charge in [-0.2, -0.15) is 13.2 Å². The van der Waals surface area contributed by atoms with Crippen LogP contribution in [0.15, 0.2) is 42.5 Å². The van der Waals surface area contributed by atoms with Crippen molar-refractivity contribution in [2.75, 3.05) is 72.4 Å². The Morgan fingerprint density at radius 3 is 2.12 bits per heavy atom. The fourth-order valence-corrected chi connectivity index (χ4v) is 11.4. The quantitative estimate of drug-likeness (QED) is 0.214. The molecular weight excluding hydrogens is 1010 g/mol. The Morgan fingerprint density at radius 2 is 1.51 bits per heavy atom. The van der Waals surface area contributed by atoms with Crippen LogP contribution in [0.5, 0.6) is 0 Å². The lowest BCUT2D eigenvalue weighted by atomic mass is 9.64. The summed E-state index contributed by atoms with van der Waals surface area (Å²) < 4.78 is 85.7. The zero-order valence-electron chi connectivity index (χ0n) is 43.9. The van der Waals surface area contributed by atoms with E-state index in [0.717, 1.165) is 61.4 Å². The Hall–Kier alpha value is -5.11. The van der Waals surface area contributed by atoms with E-state index in [4.69, 9.17) is 11.6 Å². The molecule has 2 aromatic carbocycles. The van der Waals surface area contributed by atoms with Gasteiger partial charge in [0.2, 0.25) is 35.4 Å². The van der Waals surface area contributed by atoms with Crippen molar-refractivity contribution in [1.82, 2.24) is 35.1 Å². The molecule has 0 bridgehead atoms. The topological polar surface area (TPSA) is 146 Å². The van der Waals surface area contributed by atoms with Crippen molar-refractivity contribution in [1.29, 1.82) is 0 Å². The number of hydrogen-bond donors (Lipinski definition) is 2. The zero-order chi connectivity index (χ0) is 54.7. The molecule has 3 aliphatic heterocycles. The Balaban J connectivity index is 1.12. The number of likely N-dealkylation sites (N-methyl/N-ethyl adjacent to an activating group) is 4. The molecule has 2 saturated carbocycles. The molecule has 3 saturated heterocycles. The second kappa shape index (κ2) is 23.6. The molecular formula is C54H73ClF6N8O6. The molecule has 414 valence electrons. The van der Waals surface area contributed by atoms with Crippen LogP contribution in [0.4, 0.5) is 32.0 Å². The minimum absolute atomic E-state index is 0.0932. The van der Waals surface area contributed by atoms with Crippen LogP contribution in [0, 0.1) is 17.3 Å². The average molecular weight is 1080 g/mol. The smallest absolute Gasteiger partial charge is 0.369 e. The number of piperazine rings is 1. The molecule has 6 amide bonds. The van der Waals surface area contributed by atoms with Crippen LogP contribution in [-0.2, 0) is 35.2 Å². The van der Waals surface area contributed by atoms with Crippen LogP contribution < -0.4 is 15.5 Å². The predicted molar refractivity (Wildman–Crippen MR) is 272 cm³/mol. The molecule has 14 nitrogen and oxygen atoms in total. The zero-order valence-corrected chi connectivity index (χ0v) is 44.6. The Bertz CT molecular complexity index is 2390. The van der Waals surface area contributed by atoms with Gasteiger partial charge < -0.3 is 40.0 Å². The van der Waals surface area contributed by atoms with Crippen molar-refractivity contribution in [3.8, 4) is 11.1 Å². The highest BCUT2D eigenvalue weighted by Crippen LogP contribution is 2.61. The molecule has 6 atom stereocenters. The molecule has 21 heteroatoms. The number of nitrogens with zero attached hydrogens (tertiary/aromatic N) is 6. The maximum Gasteiger partial charge on any atom is 0.403 e. The molecule has 7 rings (SSSR count). The molecule has 2 N–H and O–H groups in total. The van der Waals surface area contributed by atoms with E-state index in [9.17, 15) is 55.1 Å². The Morgan fingerprint density at radius 1 is 0.867 bits per heavy atom. The van der Waals surface area contributed by atoms with Gasteiger partial charge in [0, 0.05) is 90.3 Å². The number of likely N-dealkylation sites (tertiary alicyclic amines) is 1. The van der Waals surface area contributed by atoms with Crippen molar-refractivity contribution in [2.45, 2.75) is 146 Å². The van der Waals surface area contributed by atoms with Gasteiger partial charge in [0.25, 0.3) is 5.92 Å². The second-order valence-corrected chi connectivity index (χ2v) is 22.6. The number of alkyl halides is 6. The summed E-state index contributed by atoms with van der Waals surface area (Å²) in [4.78, 5) is 95.6. The van der Waals surface area contributed by atoms with Gasteiger partial charge in [0.15, 0.2) is 5.41 Å². The van der Waals surface area contributed by atoms with Crippen molar-refractivity contribution in [3.63, 3.8) is 0 Å². The molecule has 0 spiro atoms. The SMILES string of the molecule is CC(C)C[C@@H]1NC(=O)[C@@H](N(C)C(=O)[C@@H](NC(=O)[C@@H]2C[C@@H](F)CN2C(=O)C2(C(F)(F)F)CC(F)(F)C2)C2CC2)CCCCCCCN(C)C(=O)[C@H](Cc2cc(Cl)ccc2-c2ccc(N3CCN(C)CC3)cc2)N(C)C1=O. The van der Waals surface area contributed by atoms with Crippen LogP contribution in [-0.4, -0.2) is 176 Å². The first-order chi connectivity index (χ1) is 35.3. The minimum Gasteiger partial charge on any atom is -0.369 e. The van der Waals surface area contributed by atoms with E-state index < -0.39 is 115 Å². The van der Waals surface area contributed by atoms with Crippen LogP contribution >= 0.6 is 11.6 Å². The first-order valence-electron chi connectivity index (χ1n) is 26.4. The minimum atomic E-state index is -5.40. The maximum absolute atomic E-state index is 15.0. The number of carbonyl (C=O) groups excluding carboxylic acids is 6. The van der Waals surface area contributed by atoms with Crippen molar-refractivity contribution >= 4 is 52.7 Å². The third-order valence-corrected chi connectivity index (χ3v) is 16.2. The molecule has 3 heterocycles. The average Bonchev–Trinajstić information content (AvgIpc) is 4.12. The molecule has 0 unspecified atom stereocenters. The van der Waals surface area contributed by atoms with Gasteiger partial charge in [-0.05, 0) is 91.9 Å². The lowest BCUT2D eigenvalue weighted by Gasteiger charge is -2.48. The van der Waals surface area contributed by atoms with Gasteiger partial charge in [-0.15, -0.1) is 0 Å². The highest BCUT2D eigenvalue weighted by molar-refractivity contribution is 6.30. The van der Waals surface area contributed by atoms with E-state index in [1.807, 2.05) is 32.0 Å². The van der Waals surface area contributed by atoms with Crippen LogP contribution in [0.1, 0.15) is 96.5 Å². The summed E-state index contributed by atoms with van der Waals surface area (Å²) in [5, 5.41) is 5.93. The van der Waals surface area contributed by atoms with Gasteiger partial charge in [0.05, 0.1) is 6.54 Å². The third-order valence-electron chi connectivity index (χ3n) is 16.0. The van der Waals surface area contributed by atoms with Crippen LogP contribution in [0.2, 0.25) is 5.02 Å². The monoisotopic (exact) mass is 1080 g/mol. The summed E-state index contributed by atoms with van der Waals surface area (Å²) >= 11 is 6.65. The number of hydrogen-bond acceptors (Lipinski definition) is 8. The molecule has 0 radical (unpaired) electrons. The summed E-state index contributed by atoms with van der Waals surface area (Å²) in [6, 6.07) is 7.25. The van der Waals surface area contributed by atoms with Gasteiger partial charge in [-0.25, -0.2) is 13.2 Å². The summed E-state index contributed by atoms with van der Waals surface area (Å²) in [5.74, 6) is -9.51. The maximum atomic E-state index is 15.0. The van der Waals surface area contributed by atoms with Crippen molar-refractivity contribution < 1.29 is 55.1 Å². The summed E-state index contributed by atoms with van der Waals surface area (Å²) in [5.41, 5.74) is 0.0936. The van der Waals surface area contributed by atoms with Crippen molar-refractivity contribution in [3.05, 3.63) is 53.1 Å². The number of benzene rings is 2. The molecule has 75 heavy (non-hydrogen) atoms. The standard InChI is InChI=1S/C54H73ClF6N8O6/c1-33(2)26-41-48(72)67(6)44(28-36-27-37(55)17-20-40(36)34-15-18-39(19-16-34)68-24-22-64(3)23-25-68)49(73)65(4)21-11-9-7-8-10-12-42(46(70)62-41)66(5)50(74)45(35-13-14-35)63-47(71)43-29-38(56)30-69(43)51(75)52(54(59,60)61)31-53(57,58)32-52/h15-20,27,33,35,38,41-45H,7-14,21-26,28-32H2,1-6H3,(H,62,70)(H,63,71)/t38-,41+,42+,43+,44+,45+/m1/s1. The van der Waals surface area contributed by atoms with E-state index in [1.54, 1.807) is 31.1 Å². The Labute approximate surface area is 441 Å². The van der Waals surface area contributed by atoms with E-state index in [-0.39, 0.29) is 31.1 Å². The van der Waals surface area contributed by atoms with Gasteiger partial charge in [0.1, 0.15) is 36.4 Å². The summed E-state index contributed by atoms with van der Waals surface area (Å²) in [6.07, 6.45) is -7.08. The summed E-state index contributed by atoms with van der Waals surface area (Å²) in [7, 11) is 6.75. The lowest BCUT2D eigenvalue weighted by molar-refractivity contribution is -0.299. The number of halogens is 7. The number of rotatable bonds is 12. The van der Waals surface area contributed by atoms with Crippen LogP contribution in [0.25, 0.3) is 11.1 Å². The first-order valence-corrected chi connectivity index (χ1v) is 26.8. The normalized spacial score (nSPS) is 25.9. The van der Waals surface area contributed by atoms with Gasteiger partial charge in [-0.1, -0.05) is 69.3 Å². The van der Waals surface area contributed by atoms with E-state index >= 15 is 0 Å². The Kier molecular flexibility index (Phi) is 18.2. The molecule has 5 fully saturated rings. The number of carbonyl (C=O) groups is 6. The number of nitrogens with one attached hydrogen (secondary N) is 2. The first kappa shape index (κ1) is 57.6. The highest BCUT2D eigenvalue weighted by Gasteiger charge is 2.75. The molecule has 0 aromatic heterocycles. The van der Waals surface area contributed by atoms with Crippen LogP contribution in [0.3, 0.4) is 0 Å². The highest BCUT2D eigenvalue weighted by atomic mass is 35.5. The van der Waals surface area contributed by atoms with Gasteiger partial charge in [-0.3, -0.25) is 28.8 Å². The lowest BCUT2D eigenvalue weighted by Crippen LogP contribution is -2.65. The number of amides is 6. The summed E-state index contributed by atoms with van der Waals surface area (Å²) in [6.45, 7) is 6.99. The second-order valence-electron chi connectivity index (χ2n) is 22.2. The molecule has 2 aliphatic carbocycles. The predicted octanol–water partition coefficient (Wildman–Crippen LogP) is 7.11.